The monoisotopic (exact) mass is 234 g/mol. The minimum atomic E-state index is 0.121. The standard InChI is InChI=1S/C14H22N2O/c1-10(9-17-3)16(2)13-8-11-6-4-5-7-12(11)14(13)15/h4-7,10,13-14H,8-9,15H2,1-3H3. The third kappa shape index (κ3) is 2.37. The van der Waals surface area contributed by atoms with Crippen LogP contribution in [-0.2, 0) is 11.2 Å². The zero-order chi connectivity index (χ0) is 12.4. The Bertz CT molecular complexity index is 380. The van der Waals surface area contributed by atoms with Crippen molar-refractivity contribution < 1.29 is 4.74 Å². The van der Waals surface area contributed by atoms with Crippen LogP contribution in [0.4, 0.5) is 0 Å². The molecule has 94 valence electrons. The summed E-state index contributed by atoms with van der Waals surface area (Å²) in [5, 5.41) is 0. The summed E-state index contributed by atoms with van der Waals surface area (Å²) in [4.78, 5) is 2.34. The van der Waals surface area contributed by atoms with Gasteiger partial charge in [0.2, 0.25) is 0 Å². The molecule has 2 rings (SSSR count). The molecule has 0 fully saturated rings. The molecule has 17 heavy (non-hydrogen) atoms. The van der Waals surface area contributed by atoms with Crippen LogP contribution in [0.1, 0.15) is 24.1 Å². The molecule has 0 saturated carbocycles. The molecule has 1 aliphatic carbocycles. The summed E-state index contributed by atoms with van der Waals surface area (Å²) in [6.07, 6.45) is 1.04. The number of methoxy groups -OCH3 is 1. The van der Waals surface area contributed by atoms with Gasteiger partial charge in [-0.3, -0.25) is 4.90 Å². The second-order valence-electron chi connectivity index (χ2n) is 4.97. The lowest BCUT2D eigenvalue weighted by Crippen LogP contribution is -2.45. The van der Waals surface area contributed by atoms with Crippen molar-refractivity contribution in [1.29, 1.82) is 0 Å². The van der Waals surface area contributed by atoms with Crippen LogP contribution in [0, 0.1) is 0 Å². The molecule has 1 aromatic carbocycles. The lowest BCUT2D eigenvalue weighted by Gasteiger charge is -2.32. The first kappa shape index (κ1) is 12.6. The number of likely N-dealkylation sites (N-methyl/N-ethyl adjacent to an activating group) is 1. The zero-order valence-corrected chi connectivity index (χ0v) is 10.9. The number of nitrogens with zero attached hydrogens (tertiary/aromatic N) is 1. The quantitative estimate of drug-likeness (QED) is 0.859. The maximum atomic E-state index is 6.34. The molecule has 0 heterocycles. The van der Waals surface area contributed by atoms with Crippen molar-refractivity contribution in [3.8, 4) is 0 Å². The normalized spacial score (nSPS) is 25.0. The summed E-state index contributed by atoms with van der Waals surface area (Å²) in [5.41, 5.74) is 9.03. The van der Waals surface area contributed by atoms with Crippen LogP contribution in [0.5, 0.6) is 0 Å². The SMILES string of the molecule is COCC(C)N(C)C1Cc2ccccc2C1N. The first-order valence-corrected chi connectivity index (χ1v) is 6.19. The fourth-order valence-corrected chi connectivity index (χ4v) is 2.69. The topological polar surface area (TPSA) is 38.5 Å². The van der Waals surface area contributed by atoms with Gasteiger partial charge in [0.1, 0.15) is 0 Å². The largest absolute Gasteiger partial charge is 0.383 e. The third-order valence-corrected chi connectivity index (χ3v) is 3.88. The maximum absolute atomic E-state index is 6.34. The third-order valence-electron chi connectivity index (χ3n) is 3.88. The van der Waals surface area contributed by atoms with E-state index in [1.807, 2.05) is 0 Å². The van der Waals surface area contributed by atoms with Gasteiger partial charge in [0, 0.05) is 25.2 Å². The van der Waals surface area contributed by atoms with Crippen LogP contribution in [0.2, 0.25) is 0 Å². The van der Waals surface area contributed by atoms with E-state index in [4.69, 9.17) is 10.5 Å². The van der Waals surface area contributed by atoms with Gasteiger partial charge in [0.15, 0.2) is 0 Å². The first-order valence-electron chi connectivity index (χ1n) is 6.19. The number of nitrogens with two attached hydrogens (primary N) is 1. The van der Waals surface area contributed by atoms with Crippen LogP contribution in [0.3, 0.4) is 0 Å². The molecule has 0 amide bonds. The van der Waals surface area contributed by atoms with Crippen LogP contribution in [0.15, 0.2) is 24.3 Å². The van der Waals surface area contributed by atoms with Crippen molar-refractivity contribution in [1.82, 2.24) is 4.90 Å². The van der Waals surface area contributed by atoms with E-state index in [1.54, 1.807) is 7.11 Å². The minimum Gasteiger partial charge on any atom is -0.383 e. The molecule has 0 spiro atoms. The minimum absolute atomic E-state index is 0.121. The number of rotatable bonds is 4. The molecular formula is C14H22N2O. The van der Waals surface area contributed by atoms with Gasteiger partial charge in [0.05, 0.1) is 6.61 Å². The Morgan fingerprint density at radius 2 is 2.18 bits per heavy atom. The van der Waals surface area contributed by atoms with E-state index in [9.17, 15) is 0 Å². The second-order valence-corrected chi connectivity index (χ2v) is 4.97. The van der Waals surface area contributed by atoms with Gasteiger partial charge in [-0.25, -0.2) is 0 Å². The molecule has 3 heteroatoms. The highest BCUT2D eigenvalue weighted by molar-refractivity contribution is 5.36. The smallest absolute Gasteiger partial charge is 0.0615 e. The van der Waals surface area contributed by atoms with E-state index < -0.39 is 0 Å². The highest BCUT2D eigenvalue weighted by Gasteiger charge is 2.33. The molecular weight excluding hydrogens is 212 g/mol. The summed E-state index contributed by atoms with van der Waals surface area (Å²) >= 11 is 0. The van der Waals surface area contributed by atoms with E-state index in [-0.39, 0.29) is 6.04 Å². The van der Waals surface area contributed by atoms with E-state index in [1.165, 1.54) is 11.1 Å². The summed E-state index contributed by atoms with van der Waals surface area (Å²) in [5.74, 6) is 0. The second kappa shape index (κ2) is 5.17. The molecule has 0 aromatic heterocycles. The van der Waals surface area contributed by atoms with Crippen LogP contribution in [-0.4, -0.2) is 37.7 Å². The highest BCUT2D eigenvalue weighted by atomic mass is 16.5. The highest BCUT2D eigenvalue weighted by Crippen LogP contribution is 2.32. The van der Waals surface area contributed by atoms with Crippen LogP contribution in [0.25, 0.3) is 0 Å². The van der Waals surface area contributed by atoms with Gasteiger partial charge in [-0.1, -0.05) is 24.3 Å². The van der Waals surface area contributed by atoms with E-state index in [0.29, 0.717) is 12.1 Å². The fraction of sp³-hybridized carbons (Fsp3) is 0.571. The first-order chi connectivity index (χ1) is 8.15. The molecule has 1 aromatic rings. The van der Waals surface area contributed by atoms with Crippen molar-refractivity contribution in [3.63, 3.8) is 0 Å². The molecule has 0 radical (unpaired) electrons. The van der Waals surface area contributed by atoms with Crippen LogP contribution >= 0.6 is 0 Å². The van der Waals surface area contributed by atoms with Crippen LogP contribution < -0.4 is 5.73 Å². The van der Waals surface area contributed by atoms with Crippen molar-refractivity contribution in [3.05, 3.63) is 35.4 Å². The average Bonchev–Trinajstić information content (AvgIpc) is 2.67. The molecule has 0 aliphatic heterocycles. The Hall–Kier alpha value is -0.900. The Morgan fingerprint density at radius 3 is 2.82 bits per heavy atom. The van der Waals surface area contributed by atoms with Crippen molar-refractivity contribution in [2.75, 3.05) is 20.8 Å². The molecule has 0 saturated heterocycles. The lowest BCUT2D eigenvalue weighted by atomic mass is 10.1. The Morgan fingerprint density at radius 1 is 1.47 bits per heavy atom. The molecule has 0 bridgehead atoms. The number of ether oxygens (including phenoxy) is 1. The van der Waals surface area contributed by atoms with Gasteiger partial charge in [-0.05, 0) is 31.5 Å². The number of hydrogen-bond donors (Lipinski definition) is 1. The molecule has 3 nitrogen and oxygen atoms in total. The van der Waals surface area contributed by atoms with E-state index >= 15 is 0 Å². The summed E-state index contributed by atoms with van der Waals surface area (Å²) in [7, 11) is 3.88. The Labute approximate surface area is 104 Å². The van der Waals surface area contributed by atoms with Gasteiger partial charge >= 0.3 is 0 Å². The average molecular weight is 234 g/mol. The molecule has 1 aliphatic rings. The van der Waals surface area contributed by atoms with E-state index in [0.717, 1.165) is 13.0 Å². The summed E-state index contributed by atoms with van der Waals surface area (Å²) in [6.45, 7) is 2.93. The van der Waals surface area contributed by atoms with Gasteiger partial charge in [0.25, 0.3) is 0 Å². The van der Waals surface area contributed by atoms with E-state index in [2.05, 4.69) is 43.1 Å². The van der Waals surface area contributed by atoms with Crippen molar-refractivity contribution in [2.45, 2.75) is 31.5 Å². The number of benzene rings is 1. The number of fused-ring (bicyclic) bond motifs is 1. The number of hydrogen-bond acceptors (Lipinski definition) is 3. The van der Waals surface area contributed by atoms with Gasteiger partial charge in [-0.2, -0.15) is 0 Å². The molecule has 3 unspecified atom stereocenters. The zero-order valence-electron chi connectivity index (χ0n) is 10.9. The maximum Gasteiger partial charge on any atom is 0.0615 e. The van der Waals surface area contributed by atoms with Gasteiger partial charge in [-0.15, -0.1) is 0 Å². The summed E-state index contributed by atoms with van der Waals surface area (Å²) < 4.78 is 5.21. The molecule has 2 N–H and O–H groups in total. The van der Waals surface area contributed by atoms with Crippen molar-refractivity contribution >= 4 is 0 Å². The van der Waals surface area contributed by atoms with Crippen molar-refractivity contribution in [2.24, 2.45) is 5.73 Å². The predicted molar refractivity (Wildman–Crippen MR) is 70.0 cm³/mol. The lowest BCUT2D eigenvalue weighted by molar-refractivity contribution is 0.0840. The summed E-state index contributed by atoms with van der Waals surface area (Å²) in [6, 6.07) is 9.39. The fourth-order valence-electron chi connectivity index (χ4n) is 2.69. The Balaban J connectivity index is 2.11. The Kier molecular flexibility index (Phi) is 3.82. The van der Waals surface area contributed by atoms with Gasteiger partial charge < -0.3 is 10.5 Å². The molecule has 3 atom stereocenters. The predicted octanol–water partition coefficient (Wildman–Crippen LogP) is 1.58.